The molecule has 1 N–H and O–H groups in total. The van der Waals surface area contributed by atoms with Crippen LogP contribution in [0.5, 0.6) is 0 Å². The highest BCUT2D eigenvalue weighted by molar-refractivity contribution is 7.99. The summed E-state index contributed by atoms with van der Waals surface area (Å²) in [4.78, 5) is 0. The number of nitrogens with one attached hydrogen (secondary N) is 1. The van der Waals surface area contributed by atoms with Crippen molar-refractivity contribution in [1.82, 2.24) is 5.32 Å². The standard InChI is InChI=1S/C14H23NOS/c1-4-9-17-10-7-15-12-11-6-5-8-16-13(11)14(12,2)3/h1,11-13,15H,5-10H2,2-3H3. The van der Waals surface area contributed by atoms with Gasteiger partial charge in [0.2, 0.25) is 0 Å². The lowest BCUT2D eigenvalue weighted by Gasteiger charge is -2.60. The lowest BCUT2D eigenvalue weighted by Crippen LogP contribution is -2.69. The molecule has 2 rings (SSSR count). The summed E-state index contributed by atoms with van der Waals surface area (Å²) in [5.41, 5.74) is 0.294. The van der Waals surface area contributed by atoms with Gasteiger partial charge in [0.05, 0.1) is 11.9 Å². The van der Waals surface area contributed by atoms with Gasteiger partial charge in [0.15, 0.2) is 0 Å². The summed E-state index contributed by atoms with van der Waals surface area (Å²) in [6.07, 6.45) is 8.26. The van der Waals surface area contributed by atoms with Crippen LogP contribution < -0.4 is 5.32 Å². The second-order valence-corrected chi connectivity index (χ2v) is 6.71. The van der Waals surface area contributed by atoms with Gasteiger partial charge in [-0.1, -0.05) is 19.8 Å². The van der Waals surface area contributed by atoms with Gasteiger partial charge in [-0.15, -0.1) is 18.2 Å². The Morgan fingerprint density at radius 1 is 1.53 bits per heavy atom. The average molecular weight is 253 g/mol. The number of fused-ring (bicyclic) bond motifs is 1. The molecule has 0 bridgehead atoms. The van der Waals surface area contributed by atoms with E-state index in [4.69, 9.17) is 11.2 Å². The maximum Gasteiger partial charge on any atom is 0.0684 e. The molecule has 0 radical (unpaired) electrons. The molecular formula is C14H23NOS. The van der Waals surface area contributed by atoms with Gasteiger partial charge in [-0.3, -0.25) is 0 Å². The first-order valence-corrected chi connectivity index (χ1v) is 7.69. The minimum Gasteiger partial charge on any atom is -0.377 e. The number of thioether (sulfide) groups is 1. The van der Waals surface area contributed by atoms with Crippen molar-refractivity contribution in [3.63, 3.8) is 0 Å². The zero-order valence-electron chi connectivity index (χ0n) is 10.9. The van der Waals surface area contributed by atoms with Crippen LogP contribution in [0.15, 0.2) is 0 Å². The monoisotopic (exact) mass is 253 g/mol. The molecule has 0 spiro atoms. The van der Waals surface area contributed by atoms with Crippen molar-refractivity contribution in [2.75, 3.05) is 24.7 Å². The second kappa shape index (κ2) is 5.65. The summed E-state index contributed by atoms with van der Waals surface area (Å²) in [6.45, 7) is 6.66. The minimum absolute atomic E-state index is 0.294. The number of hydrogen-bond donors (Lipinski definition) is 1. The summed E-state index contributed by atoms with van der Waals surface area (Å²) in [6, 6.07) is 0.624. The Kier molecular flexibility index (Phi) is 4.41. The average Bonchev–Trinajstić information content (AvgIpc) is 2.33. The molecule has 3 atom stereocenters. The predicted molar refractivity (Wildman–Crippen MR) is 74.2 cm³/mol. The van der Waals surface area contributed by atoms with Crippen LogP contribution in [0.4, 0.5) is 0 Å². The minimum atomic E-state index is 0.294. The van der Waals surface area contributed by atoms with E-state index < -0.39 is 0 Å². The van der Waals surface area contributed by atoms with Crippen LogP contribution >= 0.6 is 11.8 Å². The number of rotatable bonds is 5. The van der Waals surface area contributed by atoms with Crippen molar-refractivity contribution in [3.8, 4) is 12.3 Å². The van der Waals surface area contributed by atoms with Crippen LogP contribution in [0.25, 0.3) is 0 Å². The zero-order chi connectivity index (χ0) is 12.3. The Hall–Kier alpha value is -0.170. The lowest BCUT2D eigenvalue weighted by atomic mass is 9.55. The van der Waals surface area contributed by atoms with Gasteiger partial charge < -0.3 is 10.1 Å². The Bertz CT molecular complexity index is 297. The van der Waals surface area contributed by atoms with Crippen molar-refractivity contribution in [3.05, 3.63) is 0 Å². The molecule has 1 saturated carbocycles. The van der Waals surface area contributed by atoms with Crippen molar-refractivity contribution in [2.45, 2.75) is 38.8 Å². The molecule has 17 heavy (non-hydrogen) atoms. The van der Waals surface area contributed by atoms with Crippen LogP contribution in [0, 0.1) is 23.7 Å². The molecule has 0 aromatic carbocycles. The Balaban J connectivity index is 1.75. The summed E-state index contributed by atoms with van der Waals surface area (Å²) < 4.78 is 5.90. The van der Waals surface area contributed by atoms with Gasteiger partial charge in [0.1, 0.15) is 0 Å². The zero-order valence-corrected chi connectivity index (χ0v) is 11.7. The van der Waals surface area contributed by atoms with Crippen LogP contribution in [0.3, 0.4) is 0 Å². The van der Waals surface area contributed by atoms with Gasteiger partial charge >= 0.3 is 0 Å². The van der Waals surface area contributed by atoms with E-state index in [1.54, 1.807) is 0 Å². The molecule has 3 heteroatoms. The fourth-order valence-electron chi connectivity index (χ4n) is 3.35. The molecule has 1 saturated heterocycles. The summed E-state index contributed by atoms with van der Waals surface area (Å²) >= 11 is 1.83. The molecule has 1 aliphatic carbocycles. The smallest absolute Gasteiger partial charge is 0.0684 e. The molecule has 2 fully saturated rings. The highest BCUT2D eigenvalue weighted by Gasteiger charge is 2.57. The van der Waals surface area contributed by atoms with Crippen molar-refractivity contribution >= 4 is 11.8 Å². The van der Waals surface area contributed by atoms with E-state index in [0.717, 1.165) is 30.6 Å². The largest absolute Gasteiger partial charge is 0.377 e. The first-order chi connectivity index (χ1) is 8.18. The molecule has 0 aromatic heterocycles. The summed E-state index contributed by atoms with van der Waals surface area (Å²) in [7, 11) is 0. The highest BCUT2D eigenvalue weighted by Crippen LogP contribution is 2.51. The third-order valence-corrected chi connectivity index (χ3v) is 4.99. The maximum atomic E-state index is 5.90. The molecule has 2 nitrogen and oxygen atoms in total. The van der Waals surface area contributed by atoms with Crippen LogP contribution in [0.2, 0.25) is 0 Å². The SMILES string of the molecule is C#CCSCCNC1C2CCCOC2C1(C)C. The normalized spacial score (nSPS) is 34.5. The summed E-state index contributed by atoms with van der Waals surface area (Å²) in [5, 5.41) is 3.70. The van der Waals surface area contributed by atoms with E-state index >= 15 is 0 Å². The van der Waals surface area contributed by atoms with Gasteiger partial charge in [0, 0.05) is 36.3 Å². The number of ether oxygens (including phenoxy) is 1. The topological polar surface area (TPSA) is 21.3 Å². The summed E-state index contributed by atoms with van der Waals surface area (Å²) in [5.74, 6) is 5.32. The number of terminal acetylenes is 1. The molecule has 1 heterocycles. The molecule has 96 valence electrons. The Morgan fingerprint density at radius 2 is 2.35 bits per heavy atom. The van der Waals surface area contributed by atoms with E-state index in [-0.39, 0.29) is 0 Å². The molecule has 3 unspecified atom stereocenters. The third kappa shape index (κ3) is 2.65. The van der Waals surface area contributed by atoms with Gasteiger partial charge in [-0.05, 0) is 12.8 Å². The highest BCUT2D eigenvalue weighted by atomic mass is 32.2. The van der Waals surface area contributed by atoms with Crippen molar-refractivity contribution in [1.29, 1.82) is 0 Å². The van der Waals surface area contributed by atoms with Crippen LogP contribution in [-0.4, -0.2) is 36.8 Å². The first kappa shape index (κ1) is 13.3. The lowest BCUT2D eigenvalue weighted by molar-refractivity contribution is -0.192. The Morgan fingerprint density at radius 3 is 3.12 bits per heavy atom. The Labute approximate surface area is 109 Å². The van der Waals surface area contributed by atoms with Crippen LogP contribution in [-0.2, 0) is 4.74 Å². The quantitative estimate of drug-likeness (QED) is 0.599. The third-order valence-electron chi connectivity index (χ3n) is 4.13. The molecular weight excluding hydrogens is 230 g/mol. The van der Waals surface area contributed by atoms with Crippen molar-refractivity contribution in [2.24, 2.45) is 11.3 Å². The number of hydrogen-bond acceptors (Lipinski definition) is 3. The van der Waals surface area contributed by atoms with E-state index in [9.17, 15) is 0 Å². The van der Waals surface area contributed by atoms with E-state index in [0.29, 0.717) is 17.6 Å². The molecule has 1 aliphatic heterocycles. The van der Waals surface area contributed by atoms with E-state index in [1.807, 2.05) is 11.8 Å². The van der Waals surface area contributed by atoms with Gasteiger partial charge in [-0.25, -0.2) is 0 Å². The molecule has 0 aromatic rings. The van der Waals surface area contributed by atoms with Crippen LogP contribution in [0.1, 0.15) is 26.7 Å². The molecule has 2 aliphatic rings. The van der Waals surface area contributed by atoms with Gasteiger partial charge in [0.25, 0.3) is 0 Å². The van der Waals surface area contributed by atoms with Crippen molar-refractivity contribution < 1.29 is 4.74 Å². The maximum absolute atomic E-state index is 5.90. The van der Waals surface area contributed by atoms with Gasteiger partial charge in [-0.2, -0.15) is 0 Å². The predicted octanol–water partition coefficient (Wildman–Crippen LogP) is 2.15. The first-order valence-electron chi connectivity index (χ1n) is 6.54. The second-order valence-electron chi connectivity index (χ2n) is 5.61. The fraction of sp³-hybridized carbons (Fsp3) is 0.857. The van der Waals surface area contributed by atoms with E-state index in [1.165, 1.54) is 12.8 Å². The molecule has 0 amide bonds. The van der Waals surface area contributed by atoms with E-state index in [2.05, 4.69) is 25.1 Å². The fourth-order valence-corrected chi connectivity index (χ4v) is 3.88.